The van der Waals surface area contributed by atoms with E-state index in [1.165, 1.54) is 5.56 Å². The number of rotatable bonds is 8. The molecule has 0 aliphatic carbocycles. The minimum Gasteiger partial charge on any atom is -0.369 e. The summed E-state index contributed by atoms with van der Waals surface area (Å²) in [4.78, 5) is 25.0. The fourth-order valence-electron chi connectivity index (χ4n) is 2.04. The summed E-state index contributed by atoms with van der Waals surface area (Å²) in [5, 5.41) is 0. The van der Waals surface area contributed by atoms with Gasteiger partial charge in [0.15, 0.2) is 5.78 Å². The fourth-order valence-corrected chi connectivity index (χ4v) is 2.04. The van der Waals surface area contributed by atoms with Gasteiger partial charge < -0.3 is 5.73 Å². The van der Waals surface area contributed by atoms with Gasteiger partial charge in [-0.15, -0.1) is 0 Å². The van der Waals surface area contributed by atoms with Crippen LogP contribution in [0, 0.1) is 0 Å². The molecule has 0 aliphatic rings. The first kappa shape index (κ1) is 16.4. The van der Waals surface area contributed by atoms with Crippen molar-refractivity contribution in [2.24, 2.45) is 5.73 Å². The van der Waals surface area contributed by atoms with E-state index in [1.54, 1.807) is 4.90 Å². The van der Waals surface area contributed by atoms with Gasteiger partial charge in [0.1, 0.15) is 0 Å². The molecule has 0 atom stereocenters. The SMILES string of the molecule is CCCc1ccc(C(=O)CN(CC(N)=O)C(C)C)cc1. The van der Waals surface area contributed by atoms with E-state index in [0.717, 1.165) is 12.8 Å². The molecule has 1 rings (SSSR count). The maximum atomic E-state index is 12.2. The molecule has 0 spiro atoms. The zero-order valence-corrected chi connectivity index (χ0v) is 12.6. The molecule has 0 saturated carbocycles. The Morgan fingerprint density at radius 1 is 1.15 bits per heavy atom. The number of aryl methyl sites for hydroxylation is 1. The Morgan fingerprint density at radius 2 is 1.75 bits per heavy atom. The summed E-state index contributed by atoms with van der Waals surface area (Å²) >= 11 is 0. The molecule has 4 nitrogen and oxygen atoms in total. The van der Waals surface area contributed by atoms with E-state index in [2.05, 4.69) is 6.92 Å². The number of Topliss-reactive ketones (excluding diaryl/α,β-unsaturated/α-hetero) is 1. The van der Waals surface area contributed by atoms with Crippen molar-refractivity contribution in [2.75, 3.05) is 13.1 Å². The van der Waals surface area contributed by atoms with Crippen LogP contribution < -0.4 is 5.73 Å². The number of hydrogen-bond acceptors (Lipinski definition) is 3. The number of amides is 1. The lowest BCUT2D eigenvalue weighted by Crippen LogP contribution is -2.41. The molecule has 0 saturated heterocycles. The molecule has 4 heteroatoms. The summed E-state index contributed by atoms with van der Waals surface area (Å²) < 4.78 is 0. The van der Waals surface area contributed by atoms with E-state index >= 15 is 0 Å². The zero-order chi connectivity index (χ0) is 15.1. The average molecular weight is 276 g/mol. The van der Waals surface area contributed by atoms with Crippen LogP contribution in [0.25, 0.3) is 0 Å². The van der Waals surface area contributed by atoms with Crippen LogP contribution in [-0.2, 0) is 11.2 Å². The number of carbonyl (C=O) groups excluding carboxylic acids is 2. The number of nitrogens with zero attached hydrogens (tertiary/aromatic N) is 1. The van der Waals surface area contributed by atoms with Gasteiger partial charge in [-0.2, -0.15) is 0 Å². The van der Waals surface area contributed by atoms with Gasteiger partial charge >= 0.3 is 0 Å². The molecule has 110 valence electrons. The highest BCUT2D eigenvalue weighted by Crippen LogP contribution is 2.09. The molecule has 0 bridgehead atoms. The summed E-state index contributed by atoms with van der Waals surface area (Å²) in [6.07, 6.45) is 2.11. The van der Waals surface area contributed by atoms with E-state index < -0.39 is 5.91 Å². The predicted molar refractivity (Wildman–Crippen MR) is 80.7 cm³/mol. The maximum absolute atomic E-state index is 12.2. The first-order chi connectivity index (χ1) is 9.43. The summed E-state index contributed by atoms with van der Waals surface area (Å²) in [7, 11) is 0. The monoisotopic (exact) mass is 276 g/mol. The molecule has 0 aromatic heterocycles. The molecule has 0 heterocycles. The summed E-state index contributed by atoms with van der Waals surface area (Å²) in [6.45, 7) is 6.34. The standard InChI is InChI=1S/C16H24N2O2/c1-4-5-13-6-8-14(9-7-13)15(19)10-18(12(2)3)11-16(17)20/h6-9,12H,4-5,10-11H2,1-3H3,(H2,17,20). The lowest BCUT2D eigenvalue weighted by Gasteiger charge is -2.24. The third-order valence-corrected chi connectivity index (χ3v) is 3.25. The molecule has 1 aromatic carbocycles. The number of ketones is 1. The highest BCUT2D eigenvalue weighted by atomic mass is 16.1. The van der Waals surface area contributed by atoms with E-state index in [1.807, 2.05) is 38.1 Å². The van der Waals surface area contributed by atoms with Crippen molar-refractivity contribution in [3.63, 3.8) is 0 Å². The van der Waals surface area contributed by atoms with Gasteiger partial charge in [-0.25, -0.2) is 0 Å². The molecule has 1 aromatic rings. The van der Waals surface area contributed by atoms with Crippen molar-refractivity contribution in [3.8, 4) is 0 Å². The van der Waals surface area contributed by atoms with Gasteiger partial charge in [-0.05, 0) is 25.8 Å². The van der Waals surface area contributed by atoms with Gasteiger partial charge in [0, 0.05) is 11.6 Å². The van der Waals surface area contributed by atoms with Gasteiger partial charge in [0.2, 0.25) is 5.91 Å². The second kappa shape index (κ2) is 7.80. The van der Waals surface area contributed by atoms with Crippen molar-refractivity contribution in [1.29, 1.82) is 0 Å². The van der Waals surface area contributed by atoms with Crippen molar-refractivity contribution < 1.29 is 9.59 Å². The van der Waals surface area contributed by atoms with Crippen molar-refractivity contribution in [2.45, 2.75) is 39.7 Å². The van der Waals surface area contributed by atoms with Crippen LogP contribution in [0.15, 0.2) is 24.3 Å². The molecule has 1 amide bonds. The van der Waals surface area contributed by atoms with Crippen LogP contribution in [0.1, 0.15) is 43.1 Å². The molecule has 0 radical (unpaired) electrons. The number of benzene rings is 1. The second-order valence-corrected chi connectivity index (χ2v) is 5.34. The van der Waals surface area contributed by atoms with Crippen LogP contribution in [0.4, 0.5) is 0 Å². The molecule has 0 unspecified atom stereocenters. The molecule has 0 fully saturated rings. The number of carbonyl (C=O) groups is 2. The van der Waals surface area contributed by atoms with Crippen molar-refractivity contribution in [3.05, 3.63) is 35.4 Å². The largest absolute Gasteiger partial charge is 0.369 e. The maximum Gasteiger partial charge on any atom is 0.231 e. The Bertz CT molecular complexity index is 452. The van der Waals surface area contributed by atoms with E-state index in [0.29, 0.717) is 5.56 Å². The Kier molecular flexibility index (Phi) is 6.39. The lowest BCUT2D eigenvalue weighted by atomic mass is 10.0. The zero-order valence-electron chi connectivity index (χ0n) is 12.6. The molecule has 2 N–H and O–H groups in total. The van der Waals surface area contributed by atoms with Gasteiger partial charge in [0.05, 0.1) is 13.1 Å². The highest BCUT2D eigenvalue weighted by Gasteiger charge is 2.17. The predicted octanol–water partition coefficient (Wildman–Crippen LogP) is 2.02. The van der Waals surface area contributed by atoms with E-state index in [-0.39, 0.29) is 24.9 Å². The minimum atomic E-state index is -0.412. The van der Waals surface area contributed by atoms with Gasteiger partial charge in [0.25, 0.3) is 0 Å². The van der Waals surface area contributed by atoms with Crippen molar-refractivity contribution in [1.82, 2.24) is 4.90 Å². The molecule has 0 aliphatic heterocycles. The average Bonchev–Trinajstić information content (AvgIpc) is 2.38. The van der Waals surface area contributed by atoms with Crippen molar-refractivity contribution >= 4 is 11.7 Å². The topological polar surface area (TPSA) is 63.4 Å². The Balaban J connectivity index is 2.70. The first-order valence-corrected chi connectivity index (χ1v) is 7.08. The summed E-state index contributed by atoms with van der Waals surface area (Å²) in [5.74, 6) is -0.396. The smallest absolute Gasteiger partial charge is 0.231 e. The number of nitrogens with two attached hydrogens (primary N) is 1. The van der Waals surface area contributed by atoms with E-state index in [4.69, 9.17) is 5.73 Å². The lowest BCUT2D eigenvalue weighted by molar-refractivity contribution is -0.119. The van der Waals surface area contributed by atoms with Gasteiger partial charge in [-0.3, -0.25) is 14.5 Å². The molecular weight excluding hydrogens is 252 g/mol. The third-order valence-electron chi connectivity index (χ3n) is 3.25. The van der Waals surface area contributed by atoms with Crippen LogP contribution in [0.5, 0.6) is 0 Å². The third kappa shape index (κ3) is 5.13. The molecular formula is C16H24N2O2. The van der Waals surface area contributed by atoms with E-state index in [9.17, 15) is 9.59 Å². The Labute approximate surface area is 121 Å². The van der Waals surface area contributed by atoms with Crippen LogP contribution in [0.3, 0.4) is 0 Å². The Morgan fingerprint density at radius 3 is 2.20 bits per heavy atom. The Hall–Kier alpha value is -1.68. The highest BCUT2D eigenvalue weighted by molar-refractivity contribution is 5.97. The normalized spacial score (nSPS) is 11.1. The van der Waals surface area contributed by atoms with Crippen LogP contribution in [-0.4, -0.2) is 35.7 Å². The summed E-state index contributed by atoms with van der Waals surface area (Å²) in [6, 6.07) is 7.80. The second-order valence-electron chi connectivity index (χ2n) is 5.34. The quantitative estimate of drug-likeness (QED) is 0.739. The molecule has 20 heavy (non-hydrogen) atoms. The van der Waals surface area contributed by atoms with Gasteiger partial charge in [-0.1, -0.05) is 37.6 Å². The number of hydrogen-bond donors (Lipinski definition) is 1. The summed E-state index contributed by atoms with van der Waals surface area (Å²) in [5.41, 5.74) is 7.13. The number of primary amides is 1. The van der Waals surface area contributed by atoms with Crippen LogP contribution in [0.2, 0.25) is 0 Å². The van der Waals surface area contributed by atoms with Crippen LogP contribution >= 0.6 is 0 Å². The first-order valence-electron chi connectivity index (χ1n) is 7.08. The fraction of sp³-hybridized carbons (Fsp3) is 0.500. The minimum absolute atomic E-state index is 0.0167.